The summed E-state index contributed by atoms with van der Waals surface area (Å²) in [6, 6.07) is 6.78. The third-order valence-electron chi connectivity index (χ3n) is 3.94. The van der Waals surface area contributed by atoms with Gasteiger partial charge in [0, 0.05) is 12.8 Å². The quantitative estimate of drug-likeness (QED) is 0.493. The van der Waals surface area contributed by atoms with Crippen molar-refractivity contribution in [2.75, 3.05) is 0 Å². The fourth-order valence-corrected chi connectivity index (χ4v) is 2.67. The summed E-state index contributed by atoms with van der Waals surface area (Å²) in [5.41, 5.74) is -0.803. The summed E-state index contributed by atoms with van der Waals surface area (Å²) in [4.78, 5) is 48.9. The van der Waals surface area contributed by atoms with Crippen LogP contribution in [0.15, 0.2) is 30.3 Å². The van der Waals surface area contributed by atoms with Crippen LogP contribution >= 0.6 is 0 Å². The monoisotopic (exact) mass is 450 g/mol. The number of rotatable bonds is 9. The highest BCUT2D eigenvalue weighted by Crippen LogP contribution is 2.13. The van der Waals surface area contributed by atoms with E-state index in [9.17, 15) is 19.2 Å². The van der Waals surface area contributed by atoms with Crippen molar-refractivity contribution in [2.45, 2.75) is 84.1 Å². The van der Waals surface area contributed by atoms with Gasteiger partial charge in [-0.2, -0.15) is 0 Å². The SMILES string of the molecule is CC(C)(C)OC(=O)N[C@@H](Cc1ccccc1)C(=O)N[C@@H](CCC(=O)O)C(=O)OC(C)(C)C. The predicted molar refractivity (Wildman–Crippen MR) is 118 cm³/mol. The molecule has 0 radical (unpaired) electrons. The van der Waals surface area contributed by atoms with Crippen molar-refractivity contribution in [2.24, 2.45) is 0 Å². The number of esters is 1. The first-order valence-electron chi connectivity index (χ1n) is 10.4. The highest BCUT2D eigenvalue weighted by molar-refractivity contribution is 5.90. The molecular weight excluding hydrogens is 416 g/mol. The molecule has 0 spiro atoms. The molecule has 1 rings (SSSR count). The Balaban J connectivity index is 3.04. The predicted octanol–water partition coefficient (Wildman–Crippen LogP) is 2.81. The van der Waals surface area contributed by atoms with Crippen LogP contribution in [0.4, 0.5) is 4.79 Å². The summed E-state index contributed by atoms with van der Waals surface area (Å²) in [6.45, 7) is 10.1. The van der Waals surface area contributed by atoms with Crippen molar-refractivity contribution in [3.05, 3.63) is 35.9 Å². The van der Waals surface area contributed by atoms with Gasteiger partial charge >= 0.3 is 18.0 Å². The van der Waals surface area contributed by atoms with Gasteiger partial charge in [0.05, 0.1) is 0 Å². The van der Waals surface area contributed by atoms with E-state index in [0.29, 0.717) is 0 Å². The molecule has 2 atom stereocenters. The standard InChI is InChI=1S/C23H34N2O7/c1-22(2,3)31-20(29)16(12-13-18(26)27)24-19(28)17(14-15-10-8-7-9-11-15)25-21(30)32-23(4,5)6/h7-11,16-17H,12-14H2,1-6H3,(H,24,28)(H,25,30)(H,26,27)/t16-,17-/m0/s1. The number of benzene rings is 1. The number of carboxylic acid groups (broad SMARTS) is 1. The van der Waals surface area contributed by atoms with Crippen molar-refractivity contribution in [3.63, 3.8) is 0 Å². The number of carboxylic acids is 1. The average Bonchev–Trinajstić information content (AvgIpc) is 2.62. The van der Waals surface area contributed by atoms with Crippen LogP contribution in [0.5, 0.6) is 0 Å². The minimum absolute atomic E-state index is 0.145. The van der Waals surface area contributed by atoms with Crippen molar-refractivity contribution >= 4 is 23.9 Å². The molecule has 0 saturated carbocycles. The zero-order valence-electron chi connectivity index (χ0n) is 19.6. The number of aliphatic carboxylic acids is 1. The molecule has 0 heterocycles. The largest absolute Gasteiger partial charge is 0.481 e. The van der Waals surface area contributed by atoms with Gasteiger partial charge in [-0.15, -0.1) is 0 Å². The van der Waals surface area contributed by atoms with Crippen molar-refractivity contribution in [1.82, 2.24) is 10.6 Å². The first-order chi connectivity index (χ1) is 14.7. The van der Waals surface area contributed by atoms with Crippen LogP contribution in [-0.2, 0) is 30.3 Å². The van der Waals surface area contributed by atoms with Gasteiger partial charge in [-0.25, -0.2) is 9.59 Å². The maximum atomic E-state index is 13.0. The zero-order chi connectivity index (χ0) is 24.5. The van der Waals surface area contributed by atoms with Crippen LogP contribution in [0.2, 0.25) is 0 Å². The van der Waals surface area contributed by atoms with Gasteiger partial charge in [-0.05, 0) is 53.5 Å². The van der Waals surface area contributed by atoms with Crippen LogP contribution in [0, 0.1) is 0 Å². The van der Waals surface area contributed by atoms with E-state index in [4.69, 9.17) is 14.6 Å². The second kappa shape index (κ2) is 11.5. The van der Waals surface area contributed by atoms with E-state index >= 15 is 0 Å². The van der Waals surface area contributed by atoms with Gasteiger partial charge in [-0.3, -0.25) is 9.59 Å². The summed E-state index contributed by atoms with van der Waals surface area (Å²) < 4.78 is 10.6. The van der Waals surface area contributed by atoms with E-state index in [0.717, 1.165) is 5.56 Å². The smallest absolute Gasteiger partial charge is 0.408 e. The zero-order valence-corrected chi connectivity index (χ0v) is 19.6. The maximum Gasteiger partial charge on any atom is 0.408 e. The van der Waals surface area contributed by atoms with Crippen LogP contribution in [-0.4, -0.2) is 52.3 Å². The molecule has 0 fully saturated rings. The second-order valence-corrected chi connectivity index (χ2v) is 9.42. The van der Waals surface area contributed by atoms with Crippen molar-refractivity contribution < 1.29 is 33.8 Å². The van der Waals surface area contributed by atoms with E-state index in [-0.39, 0.29) is 19.3 Å². The molecule has 3 N–H and O–H groups in total. The third kappa shape index (κ3) is 11.3. The Kier molecular flexibility index (Phi) is 9.68. The lowest BCUT2D eigenvalue weighted by Crippen LogP contribution is -2.54. The van der Waals surface area contributed by atoms with E-state index in [1.807, 2.05) is 6.07 Å². The molecule has 0 aromatic heterocycles. The first kappa shape index (κ1) is 26.9. The normalized spacial score (nSPS) is 13.4. The van der Waals surface area contributed by atoms with Crippen molar-refractivity contribution in [1.29, 1.82) is 0 Å². The van der Waals surface area contributed by atoms with Crippen LogP contribution < -0.4 is 10.6 Å². The molecular formula is C23H34N2O7. The number of nitrogens with one attached hydrogen (secondary N) is 2. The lowest BCUT2D eigenvalue weighted by Gasteiger charge is -2.27. The van der Waals surface area contributed by atoms with E-state index < -0.39 is 47.2 Å². The highest BCUT2D eigenvalue weighted by atomic mass is 16.6. The lowest BCUT2D eigenvalue weighted by atomic mass is 10.0. The Morgan fingerprint density at radius 1 is 0.875 bits per heavy atom. The first-order valence-corrected chi connectivity index (χ1v) is 10.4. The highest BCUT2D eigenvalue weighted by Gasteiger charge is 2.31. The van der Waals surface area contributed by atoms with Gasteiger partial charge in [0.15, 0.2) is 0 Å². The molecule has 9 heteroatoms. The van der Waals surface area contributed by atoms with Gasteiger partial charge in [0.25, 0.3) is 0 Å². The molecule has 2 amide bonds. The van der Waals surface area contributed by atoms with Gasteiger partial charge in [-0.1, -0.05) is 30.3 Å². The Morgan fingerprint density at radius 2 is 1.44 bits per heavy atom. The van der Waals surface area contributed by atoms with Crippen molar-refractivity contribution in [3.8, 4) is 0 Å². The summed E-state index contributed by atoms with van der Waals surface area (Å²) in [7, 11) is 0. The fraction of sp³-hybridized carbons (Fsp3) is 0.565. The Bertz CT molecular complexity index is 795. The minimum Gasteiger partial charge on any atom is -0.481 e. The lowest BCUT2D eigenvalue weighted by molar-refractivity contribution is -0.159. The summed E-state index contributed by atoms with van der Waals surface area (Å²) in [6.07, 6.45) is -1.13. The summed E-state index contributed by atoms with van der Waals surface area (Å²) >= 11 is 0. The summed E-state index contributed by atoms with van der Waals surface area (Å²) in [5, 5.41) is 14.1. The fourth-order valence-electron chi connectivity index (χ4n) is 2.67. The maximum absolute atomic E-state index is 13.0. The molecule has 0 saturated heterocycles. The Labute approximate surface area is 188 Å². The third-order valence-corrected chi connectivity index (χ3v) is 3.94. The molecule has 178 valence electrons. The van der Waals surface area contributed by atoms with Gasteiger partial charge in [0.1, 0.15) is 23.3 Å². The second-order valence-electron chi connectivity index (χ2n) is 9.42. The molecule has 1 aromatic rings. The number of ether oxygens (including phenoxy) is 2. The topological polar surface area (TPSA) is 131 Å². The number of alkyl carbamates (subject to hydrolysis) is 1. The average molecular weight is 451 g/mol. The molecule has 0 aliphatic heterocycles. The van der Waals surface area contributed by atoms with E-state index in [1.165, 1.54) is 0 Å². The molecule has 1 aromatic carbocycles. The molecule has 9 nitrogen and oxygen atoms in total. The number of carbonyl (C=O) groups excluding carboxylic acids is 3. The molecule has 0 bridgehead atoms. The van der Waals surface area contributed by atoms with E-state index in [2.05, 4.69) is 10.6 Å². The van der Waals surface area contributed by atoms with Gasteiger partial charge < -0.3 is 25.2 Å². The Morgan fingerprint density at radius 3 is 1.94 bits per heavy atom. The number of carbonyl (C=O) groups is 4. The minimum atomic E-state index is -1.18. The molecule has 32 heavy (non-hydrogen) atoms. The Hall–Kier alpha value is -3.10. The van der Waals surface area contributed by atoms with Crippen LogP contribution in [0.25, 0.3) is 0 Å². The molecule has 0 aliphatic carbocycles. The molecule has 0 aliphatic rings. The van der Waals surface area contributed by atoms with Gasteiger partial charge in [0.2, 0.25) is 5.91 Å². The summed E-state index contributed by atoms with van der Waals surface area (Å²) in [5.74, 6) is -2.51. The number of amides is 2. The van der Waals surface area contributed by atoms with Crippen LogP contribution in [0.1, 0.15) is 59.9 Å². The molecule has 0 unspecified atom stereocenters. The van der Waals surface area contributed by atoms with E-state index in [1.54, 1.807) is 65.8 Å². The number of hydrogen-bond acceptors (Lipinski definition) is 6. The number of hydrogen-bond donors (Lipinski definition) is 3. The van der Waals surface area contributed by atoms with Crippen LogP contribution in [0.3, 0.4) is 0 Å².